The Morgan fingerprint density at radius 2 is 1.95 bits per heavy atom. The molecule has 0 radical (unpaired) electrons. The fraction of sp³-hybridized carbons (Fsp3) is 0.586. The Labute approximate surface area is 249 Å². The number of rotatable bonds is 10. The molecule has 1 aromatic carbocycles. The van der Waals surface area contributed by atoms with Gasteiger partial charge in [0, 0.05) is 34.6 Å². The number of ether oxygens (including phenoxy) is 1. The van der Waals surface area contributed by atoms with Gasteiger partial charge in [0.05, 0.1) is 17.6 Å². The quantitative estimate of drug-likeness (QED) is 0.297. The second-order valence-electron chi connectivity index (χ2n) is 10.8. The van der Waals surface area contributed by atoms with Crippen molar-refractivity contribution in [1.82, 2.24) is 20.2 Å². The normalized spacial score (nSPS) is 30.0. The van der Waals surface area contributed by atoms with E-state index in [0.717, 1.165) is 36.9 Å². The van der Waals surface area contributed by atoms with Gasteiger partial charge in [-0.25, -0.2) is 9.97 Å². The first-order chi connectivity index (χ1) is 19.7. The first-order valence-electron chi connectivity index (χ1n) is 13.9. The molecule has 2 aromatic rings. The number of nitriles is 1. The van der Waals surface area contributed by atoms with Gasteiger partial charge >= 0.3 is 0 Å². The molecule has 2 aliphatic rings. The number of carbonyl (C=O) groups excluding carboxylic acids is 1. The average molecular weight is 602 g/mol. The van der Waals surface area contributed by atoms with Gasteiger partial charge in [0.1, 0.15) is 42.2 Å². The van der Waals surface area contributed by atoms with E-state index in [9.17, 15) is 25.4 Å². The number of aliphatic hydroxyl groups excluding tert-OH is 3. The maximum atomic E-state index is 13.7. The Morgan fingerprint density at radius 3 is 2.61 bits per heavy atom. The first-order valence-corrected chi connectivity index (χ1v) is 16.0. The van der Waals surface area contributed by atoms with Crippen LogP contribution in [0.15, 0.2) is 41.8 Å². The number of likely N-dealkylation sites (N-methyl/N-ethyl adjacent to an activating group) is 1. The number of thioether (sulfide) groups is 2. The SMILES string of the molecule is CCC[C@@H]1C[C@@H](C(=O)NC([C@H]2O[C@H](SC)[C@H](O)[C@@H](O)[C@H]2O)[C@@H](C)Sc2ccc(-c3cncnc3)cc2C#N)N(C)C1. The highest BCUT2D eigenvalue weighted by Crippen LogP contribution is 2.36. The van der Waals surface area contributed by atoms with Crippen LogP contribution in [0.4, 0.5) is 0 Å². The molecule has 3 heterocycles. The summed E-state index contributed by atoms with van der Waals surface area (Å²) in [4.78, 5) is 24.5. The van der Waals surface area contributed by atoms with E-state index in [4.69, 9.17) is 4.74 Å². The molecular formula is C29H39N5O5S2. The number of hydrogen-bond acceptors (Lipinski definition) is 11. The van der Waals surface area contributed by atoms with Crippen molar-refractivity contribution in [2.24, 2.45) is 5.92 Å². The third kappa shape index (κ3) is 7.22. The minimum absolute atomic E-state index is 0.166. The summed E-state index contributed by atoms with van der Waals surface area (Å²) in [5.41, 5.74) is 1.27. The van der Waals surface area contributed by atoms with E-state index in [2.05, 4.69) is 33.2 Å². The maximum absolute atomic E-state index is 13.7. The predicted octanol–water partition coefficient (Wildman–Crippen LogP) is 2.27. The third-order valence-electron chi connectivity index (χ3n) is 7.95. The van der Waals surface area contributed by atoms with Crippen molar-refractivity contribution in [3.8, 4) is 17.2 Å². The molecule has 0 aliphatic carbocycles. The van der Waals surface area contributed by atoms with Gasteiger partial charge in [-0.2, -0.15) is 5.26 Å². The zero-order valence-corrected chi connectivity index (χ0v) is 25.4. The first kappa shape index (κ1) is 31.7. The van der Waals surface area contributed by atoms with Crippen molar-refractivity contribution in [1.29, 1.82) is 5.26 Å². The zero-order valence-electron chi connectivity index (χ0n) is 23.8. The molecule has 2 fully saturated rings. The van der Waals surface area contributed by atoms with Crippen molar-refractivity contribution in [2.75, 3.05) is 19.8 Å². The largest absolute Gasteiger partial charge is 0.388 e. The number of aromatic nitrogens is 2. The summed E-state index contributed by atoms with van der Waals surface area (Å²) < 4.78 is 6.12. The van der Waals surface area contributed by atoms with E-state index in [1.807, 2.05) is 26.1 Å². The molecule has 4 rings (SSSR count). The molecule has 0 saturated carbocycles. The summed E-state index contributed by atoms with van der Waals surface area (Å²) in [6, 6.07) is 6.73. The van der Waals surface area contributed by atoms with Crippen LogP contribution in [0.1, 0.15) is 38.7 Å². The molecule has 2 aliphatic heterocycles. The van der Waals surface area contributed by atoms with Crippen LogP contribution in [0, 0.1) is 17.2 Å². The molecule has 1 amide bonds. The van der Waals surface area contributed by atoms with Crippen molar-refractivity contribution in [3.05, 3.63) is 42.5 Å². The van der Waals surface area contributed by atoms with Crippen LogP contribution in [-0.4, -0.2) is 103 Å². The van der Waals surface area contributed by atoms with Gasteiger partial charge in [-0.05, 0) is 49.8 Å². The lowest BCUT2D eigenvalue weighted by Gasteiger charge is -2.44. The molecule has 12 heteroatoms. The summed E-state index contributed by atoms with van der Waals surface area (Å²) in [7, 11) is 1.95. The van der Waals surface area contributed by atoms with Crippen LogP contribution in [0.25, 0.3) is 11.1 Å². The van der Waals surface area contributed by atoms with Gasteiger partial charge in [-0.15, -0.1) is 23.5 Å². The van der Waals surface area contributed by atoms with Crippen LogP contribution < -0.4 is 5.32 Å². The van der Waals surface area contributed by atoms with Crippen LogP contribution in [0.2, 0.25) is 0 Å². The lowest BCUT2D eigenvalue weighted by Crippen LogP contribution is -2.65. The summed E-state index contributed by atoms with van der Waals surface area (Å²) in [5.74, 6) is 0.271. The highest BCUT2D eigenvalue weighted by atomic mass is 32.2. The molecule has 9 atom stereocenters. The number of benzene rings is 1. The van der Waals surface area contributed by atoms with Crippen molar-refractivity contribution >= 4 is 29.4 Å². The van der Waals surface area contributed by atoms with Crippen LogP contribution >= 0.6 is 23.5 Å². The molecule has 1 aromatic heterocycles. The summed E-state index contributed by atoms with van der Waals surface area (Å²) in [5, 5.41) is 44.9. The fourth-order valence-electron chi connectivity index (χ4n) is 5.74. The number of nitrogens with zero attached hydrogens (tertiary/aromatic N) is 4. The average Bonchev–Trinajstić information content (AvgIpc) is 3.35. The lowest BCUT2D eigenvalue weighted by atomic mass is 9.92. The molecule has 41 heavy (non-hydrogen) atoms. The Balaban J connectivity index is 1.61. The predicted molar refractivity (Wildman–Crippen MR) is 159 cm³/mol. The Morgan fingerprint density at radius 1 is 1.22 bits per heavy atom. The van der Waals surface area contributed by atoms with E-state index >= 15 is 0 Å². The van der Waals surface area contributed by atoms with E-state index in [-0.39, 0.29) is 17.2 Å². The standard InChI is InChI=1S/C29H39N5O5S2/c1-5-6-17-9-21(34(3)14-17)28(38)33-23(27-25(36)24(35)26(37)29(39-27)40-4)16(2)41-22-8-7-18(10-19(22)11-30)20-12-31-15-32-13-20/h7-8,10,12-13,15-17,21,23-27,29,35-37H,5-6,9,14H2,1-4H3,(H,33,38)/t16-,17-,21+,23?,24+,25-,26-,27-,29-/m1/s1. The number of amides is 1. The molecule has 4 N–H and O–H groups in total. The van der Waals surface area contributed by atoms with E-state index < -0.39 is 35.9 Å². The number of nitrogens with one attached hydrogen (secondary N) is 1. The molecule has 222 valence electrons. The minimum Gasteiger partial charge on any atom is -0.388 e. The zero-order chi connectivity index (χ0) is 29.7. The van der Waals surface area contributed by atoms with Crippen molar-refractivity contribution < 1.29 is 24.9 Å². The molecule has 10 nitrogen and oxygen atoms in total. The van der Waals surface area contributed by atoms with Crippen LogP contribution in [0.5, 0.6) is 0 Å². The van der Waals surface area contributed by atoms with Gasteiger partial charge in [0.25, 0.3) is 0 Å². The summed E-state index contributed by atoms with van der Waals surface area (Å²) in [6.45, 7) is 4.88. The molecule has 1 unspecified atom stereocenters. The second-order valence-corrected chi connectivity index (χ2v) is 13.2. The third-order valence-corrected chi connectivity index (χ3v) is 10.1. The van der Waals surface area contributed by atoms with E-state index in [1.165, 1.54) is 29.9 Å². The Kier molecular flexibility index (Phi) is 11.0. The maximum Gasteiger partial charge on any atom is 0.237 e. The molecule has 2 saturated heterocycles. The van der Waals surface area contributed by atoms with E-state index in [0.29, 0.717) is 16.4 Å². The van der Waals surface area contributed by atoms with Gasteiger partial charge in [0.2, 0.25) is 5.91 Å². The summed E-state index contributed by atoms with van der Waals surface area (Å²) in [6.07, 6.45) is 4.29. The van der Waals surface area contributed by atoms with Crippen LogP contribution in [0.3, 0.4) is 0 Å². The topological polar surface area (TPSA) is 152 Å². The lowest BCUT2D eigenvalue weighted by molar-refractivity contribution is -0.205. The van der Waals surface area contributed by atoms with Crippen LogP contribution in [-0.2, 0) is 9.53 Å². The Hall–Kier alpha value is -2.24. The number of likely N-dealkylation sites (tertiary alicyclic amines) is 1. The number of carbonyl (C=O) groups is 1. The van der Waals surface area contributed by atoms with Crippen molar-refractivity contribution in [2.45, 2.75) is 85.2 Å². The summed E-state index contributed by atoms with van der Waals surface area (Å²) >= 11 is 2.61. The highest BCUT2D eigenvalue weighted by Gasteiger charge is 2.49. The smallest absolute Gasteiger partial charge is 0.237 e. The molecule has 0 spiro atoms. The number of aliphatic hydroxyl groups is 3. The molecular weight excluding hydrogens is 562 g/mol. The van der Waals surface area contributed by atoms with Gasteiger partial charge < -0.3 is 25.4 Å². The minimum atomic E-state index is -1.44. The fourth-order valence-corrected chi connectivity index (χ4v) is 7.57. The van der Waals surface area contributed by atoms with Gasteiger partial charge in [-0.1, -0.05) is 26.3 Å². The molecule has 0 bridgehead atoms. The van der Waals surface area contributed by atoms with Crippen molar-refractivity contribution in [3.63, 3.8) is 0 Å². The Bertz CT molecular complexity index is 1220. The van der Waals surface area contributed by atoms with Gasteiger partial charge in [0.15, 0.2) is 0 Å². The monoisotopic (exact) mass is 601 g/mol. The van der Waals surface area contributed by atoms with E-state index in [1.54, 1.807) is 24.7 Å². The second kappa shape index (κ2) is 14.3. The number of hydrogen-bond donors (Lipinski definition) is 4. The van der Waals surface area contributed by atoms with Gasteiger partial charge in [-0.3, -0.25) is 9.69 Å². The highest BCUT2D eigenvalue weighted by molar-refractivity contribution is 8.00.